The molecule has 2 aromatic carbocycles. The minimum Gasteiger partial charge on any atom is -0.271 e. The van der Waals surface area contributed by atoms with E-state index in [4.69, 9.17) is 5.10 Å². The lowest BCUT2D eigenvalue weighted by molar-refractivity contribution is -0.142. The van der Waals surface area contributed by atoms with Crippen LogP contribution < -0.4 is 0 Å². The van der Waals surface area contributed by atoms with E-state index in [1.54, 1.807) is 42.9 Å². The van der Waals surface area contributed by atoms with Gasteiger partial charge in [-0.25, -0.2) is 17.4 Å². The summed E-state index contributed by atoms with van der Waals surface area (Å²) in [6, 6.07) is 17.3. The highest BCUT2D eigenvalue weighted by molar-refractivity contribution is 7.89. The van der Waals surface area contributed by atoms with Crippen molar-refractivity contribution in [2.24, 2.45) is 0 Å². The van der Waals surface area contributed by atoms with Gasteiger partial charge in [0.1, 0.15) is 17.3 Å². The summed E-state index contributed by atoms with van der Waals surface area (Å²) in [6.45, 7) is 5.21. The molecule has 1 aliphatic heterocycles. The fourth-order valence-corrected chi connectivity index (χ4v) is 5.23. The molecule has 1 unspecified atom stereocenters. The van der Waals surface area contributed by atoms with E-state index in [9.17, 15) is 23.3 Å². The number of rotatable bonds is 7. The lowest BCUT2D eigenvalue weighted by Gasteiger charge is -2.31. The Labute approximate surface area is 228 Å². The number of imide groups is 1. The molecule has 1 atom stereocenters. The Morgan fingerprint density at radius 1 is 1.08 bits per heavy atom. The summed E-state index contributed by atoms with van der Waals surface area (Å²) < 4.78 is 28.4. The zero-order chi connectivity index (χ0) is 28.5. The second-order valence-corrected chi connectivity index (χ2v) is 11.6. The van der Waals surface area contributed by atoms with E-state index in [-0.39, 0.29) is 21.6 Å². The van der Waals surface area contributed by atoms with Gasteiger partial charge in [0.25, 0.3) is 11.8 Å². The van der Waals surface area contributed by atoms with Crippen LogP contribution in [0.5, 0.6) is 0 Å². The molecule has 1 aliphatic rings. The van der Waals surface area contributed by atoms with E-state index in [1.165, 1.54) is 26.2 Å². The lowest BCUT2D eigenvalue weighted by Crippen LogP contribution is -2.47. The van der Waals surface area contributed by atoms with E-state index >= 15 is 0 Å². The maximum Gasteiger partial charge on any atom is 0.271 e. The summed E-state index contributed by atoms with van der Waals surface area (Å²) in [5.74, 6) is -1.10. The highest BCUT2D eigenvalue weighted by Crippen LogP contribution is 2.33. The lowest BCUT2D eigenvalue weighted by atomic mass is 9.92. The van der Waals surface area contributed by atoms with E-state index < -0.39 is 27.9 Å². The summed E-state index contributed by atoms with van der Waals surface area (Å²) in [5.41, 5.74) is 2.66. The minimum absolute atomic E-state index is 0.0859. The zero-order valence-corrected chi connectivity index (χ0v) is 23.2. The van der Waals surface area contributed by atoms with Crippen molar-refractivity contribution < 1.29 is 18.0 Å². The van der Waals surface area contributed by atoms with Gasteiger partial charge in [-0.05, 0) is 56.2 Å². The fraction of sp³-hybridized carbons (Fsp3) is 0.241. The van der Waals surface area contributed by atoms with Crippen molar-refractivity contribution in [3.05, 3.63) is 83.1 Å². The molecule has 0 saturated carbocycles. The van der Waals surface area contributed by atoms with Crippen molar-refractivity contribution in [2.75, 3.05) is 14.1 Å². The first-order valence-electron chi connectivity index (χ1n) is 12.4. The number of aromatic nitrogens is 2. The third-order valence-electron chi connectivity index (χ3n) is 6.75. The van der Waals surface area contributed by atoms with Gasteiger partial charge in [-0.15, -0.1) is 0 Å². The minimum atomic E-state index is -3.71. The van der Waals surface area contributed by atoms with E-state index in [2.05, 4.69) is 0 Å². The molecule has 10 heteroatoms. The maximum atomic E-state index is 13.6. The summed E-state index contributed by atoms with van der Waals surface area (Å²) in [5, 5.41) is 14.5. The number of para-hydroxylation sites is 1. The molecule has 0 bridgehead atoms. The average molecular weight is 544 g/mol. The molecule has 0 radical (unpaired) electrons. The van der Waals surface area contributed by atoms with Crippen molar-refractivity contribution in [1.29, 1.82) is 5.26 Å². The zero-order valence-electron chi connectivity index (χ0n) is 22.4. The highest BCUT2D eigenvalue weighted by atomic mass is 32.2. The molecular formula is C29H29N5O4S. The Morgan fingerprint density at radius 3 is 2.38 bits per heavy atom. The van der Waals surface area contributed by atoms with Gasteiger partial charge in [0.05, 0.1) is 10.6 Å². The number of nitriles is 1. The maximum absolute atomic E-state index is 13.6. The largest absolute Gasteiger partial charge is 0.271 e. The van der Waals surface area contributed by atoms with Crippen LogP contribution in [0.3, 0.4) is 0 Å². The van der Waals surface area contributed by atoms with Crippen molar-refractivity contribution in [1.82, 2.24) is 19.0 Å². The summed E-state index contributed by atoms with van der Waals surface area (Å²) in [6.07, 6.45) is 3.89. The molecule has 0 aliphatic carbocycles. The van der Waals surface area contributed by atoms with Gasteiger partial charge in [0.15, 0.2) is 0 Å². The van der Waals surface area contributed by atoms with Crippen LogP contribution in [-0.2, 0) is 19.6 Å². The predicted octanol–water partition coefficient (Wildman–Crippen LogP) is 4.18. The predicted molar refractivity (Wildman–Crippen MR) is 148 cm³/mol. The molecule has 200 valence electrons. The van der Waals surface area contributed by atoms with E-state index in [1.807, 2.05) is 43.3 Å². The Bertz CT molecular complexity index is 1660. The molecule has 0 N–H and O–H groups in total. The van der Waals surface area contributed by atoms with Crippen molar-refractivity contribution in [2.45, 2.75) is 38.1 Å². The van der Waals surface area contributed by atoms with Crippen LogP contribution in [-0.4, -0.2) is 59.4 Å². The van der Waals surface area contributed by atoms with Crippen LogP contribution in [0.15, 0.2) is 82.4 Å². The van der Waals surface area contributed by atoms with Crippen molar-refractivity contribution >= 4 is 27.9 Å². The molecule has 4 rings (SSSR count). The SMILES string of the molecule is CCC(C)N1C(=O)C(C#N)=C(C)/C(=C\c2cn(-c3ccccc3)nc2-c2cccc(S(=O)(=O)N(C)C)c2)C1=O. The number of carbonyl (C=O) groups excluding carboxylic acids is 2. The Kier molecular flexibility index (Phi) is 7.67. The van der Waals surface area contributed by atoms with Gasteiger partial charge in [0, 0.05) is 43.0 Å². The first-order valence-corrected chi connectivity index (χ1v) is 13.8. The summed E-state index contributed by atoms with van der Waals surface area (Å²) in [4.78, 5) is 27.8. The van der Waals surface area contributed by atoms with Crippen LogP contribution in [0.1, 0.15) is 32.8 Å². The Hall–Kier alpha value is -4.33. The number of hydrogen-bond donors (Lipinski definition) is 0. The Morgan fingerprint density at radius 2 is 1.77 bits per heavy atom. The van der Waals surface area contributed by atoms with Crippen LogP contribution in [0.4, 0.5) is 0 Å². The highest BCUT2D eigenvalue weighted by Gasteiger charge is 2.38. The molecule has 2 heterocycles. The molecule has 0 spiro atoms. The monoisotopic (exact) mass is 543 g/mol. The molecule has 9 nitrogen and oxygen atoms in total. The van der Waals surface area contributed by atoms with Crippen LogP contribution in [0, 0.1) is 11.3 Å². The van der Waals surface area contributed by atoms with Crippen molar-refractivity contribution in [3.63, 3.8) is 0 Å². The molecule has 3 aromatic rings. The number of benzene rings is 2. The summed E-state index contributed by atoms with van der Waals surface area (Å²) >= 11 is 0. The fourth-order valence-electron chi connectivity index (χ4n) is 4.28. The van der Waals surface area contributed by atoms with Gasteiger partial charge in [-0.1, -0.05) is 37.3 Å². The van der Waals surface area contributed by atoms with Gasteiger partial charge in [-0.2, -0.15) is 10.4 Å². The molecule has 2 amide bonds. The van der Waals surface area contributed by atoms with E-state index in [0.717, 1.165) is 14.9 Å². The molecule has 1 aromatic heterocycles. The first-order chi connectivity index (χ1) is 18.5. The molecule has 39 heavy (non-hydrogen) atoms. The normalized spacial score (nSPS) is 16.2. The van der Waals surface area contributed by atoms with E-state index in [0.29, 0.717) is 23.2 Å². The standard InChI is InChI=1S/C29H29N5O4S/c1-6-19(2)34-28(35)25(20(3)26(17-30)29(34)36)16-22-18-33(23-12-8-7-9-13-23)31-27(22)21-11-10-14-24(15-21)39(37,38)32(4)5/h7-16,18-19H,6H2,1-5H3/b25-16+. The average Bonchev–Trinajstić information content (AvgIpc) is 3.35. The smallest absolute Gasteiger partial charge is 0.271 e. The van der Waals surface area contributed by atoms with Gasteiger partial charge in [-0.3, -0.25) is 14.5 Å². The number of hydrogen-bond acceptors (Lipinski definition) is 6. The first kappa shape index (κ1) is 27.7. The summed E-state index contributed by atoms with van der Waals surface area (Å²) in [7, 11) is -0.783. The van der Waals surface area contributed by atoms with Crippen LogP contribution >= 0.6 is 0 Å². The third-order valence-corrected chi connectivity index (χ3v) is 8.56. The quantitative estimate of drug-likeness (QED) is 0.326. The number of sulfonamides is 1. The molecule has 0 fully saturated rings. The second-order valence-electron chi connectivity index (χ2n) is 9.44. The van der Waals surface area contributed by atoms with Crippen molar-refractivity contribution in [3.8, 4) is 23.0 Å². The Balaban J connectivity index is 1.97. The number of carbonyl (C=O) groups is 2. The second kappa shape index (κ2) is 10.8. The number of nitrogens with zero attached hydrogens (tertiary/aromatic N) is 5. The van der Waals surface area contributed by atoms with Crippen LogP contribution in [0.25, 0.3) is 23.0 Å². The number of amides is 2. The van der Waals surface area contributed by atoms with Gasteiger partial charge in [0.2, 0.25) is 10.0 Å². The van der Waals surface area contributed by atoms with Gasteiger partial charge < -0.3 is 0 Å². The van der Waals surface area contributed by atoms with Gasteiger partial charge >= 0.3 is 0 Å². The third kappa shape index (κ3) is 5.06. The molecular weight excluding hydrogens is 514 g/mol. The topological polar surface area (TPSA) is 116 Å². The van der Waals surface area contributed by atoms with Crippen LogP contribution in [0.2, 0.25) is 0 Å². The molecule has 0 saturated heterocycles.